The van der Waals surface area contributed by atoms with Gasteiger partial charge in [0.2, 0.25) is 0 Å². The number of carbonyl (C=O) groups excluding carboxylic acids is 1. The lowest BCUT2D eigenvalue weighted by Gasteiger charge is -2.25. The Morgan fingerprint density at radius 3 is 2.19 bits per heavy atom. The number of hydrogen-bond donors (Lipinski definition) is 1. The molecule has 1 amide bonds. The van der Waals surface area contributed by atoms with Crippen LogP contribution in [0.4, 0.5) is 30.7 Å². The van der Waals surface area contributed by atoms with Crippen molar-refractivity contribution in [1.82, 2.24) is 5.01 Å². The summed E-state index contributed by atoms with van der Waals surface area (Å²) in [6.07, 6.45) is -10.4. The first kappa shape index (κ1) is 33.3. The Balaban J connectivity index is 1.55. The fourth-order valence-electron chi connectivity index (χ4n) is 4.62. The second-order valence-corrected chi connectivity index (χ2v) is 11.0. The fraction of sp³-hybridized carbons (Fsp3) is 0.156. The molecule has 1 aliphatic heterocycles. The van der Waals surface area contributed by atoms with Crippen molar-refractivity contribution in [2.75, 3.05) is 7.11 Å². The van der Waals surface area contributed by atoms with E-state index in [1.807, 2.05) is 0 Å². The first-order valence-electron chi connectivity index (χ1n) is 13.4. The van der Waals surface area contributed by atoms with Crippen molar-refractivity contribution in [2.24, 2.45) is 5.10 Å². The Bertz CT molecular complexity index is 1840. The molecule has 5 rings (SSSR count). The van der Waals surface area contributed by atoms with Gasteiger partial charge in [0.25, 0.3) is 5.91 Å². The first-order valence-corrected chi connectivity index (χ1v) is 14.3. The molecular formula is C32H21F7N2O5S. The number of nitrogens with zero attached hydrogens (tertiary/aromatic N) is 2. The van der Waals surface area contributed by atoms with Gasteiger partial charge in [0.15, 0.2) is 11.5 Å². The summed E-state index contributed by atoms with van der Waals surface area (Å²) in [6, 6.07) is 16.0. The topological polar surface area (TPSA) is 88.4 Å². The van der Waals surface area contributed by atoms with Crippen LogP contribution in [-0.4, -0.2) is 34.1 Å². The van der Waals surface area contributed by atoms with Crippen molar-refractivity contribution in [3.63, 3.8) is 0 Å². The Hall–Kier alpha value is -5.05. The van der Waals surface area contributed by atoms with Gasteiger partial charge in [0.05, 0.1) is 29.4 Å². The monoisotopic (exact) mass is 678 g/mol. The molecule has 0 spiro atoms. The number of halogens is 7. The zero-order valence-electron chi connectivity index (χ0n) is 23.9. The first-order chi connectivity index (χ1) is 22.2. The molecule has 0 fully saturated rings. The molecule has 4 aromatic rings. The summed E-state index contributed by atoms with van der Waals surface area (Å²) in [5, 5.41) is 13.0. The van der Waals surface area contributed by atoms with Crippen molar-refractivity contribution in [3.05, 3.63) is 130 Å². The lowest BCUT2D eigenvalue weighted by atomic mass is 10.0. The zero-order chi connectivity index (χ0) is 34.1. The molecule has 0 saturated carbocycles. The van der Waals surface area contributed by atoms with E-state index < -0.39 is 52.1 Å². The van der Waals surface area contributed by atoms with E-state index in [0.29, 0.717) is 28.3 Å². The molecule has 1 unspecified atom stereocenters. The number of hydrazone groups is 1. The number of carbonyl (C=O) groups is 2. The third kappa shape index (κ3) is 7.19. The molecule has 0 aliphatic carbocycles. The second-order valence-electron chi connectivity index (χ2n) is 9.96. The van der Waals surface area contributed by atoms with E-state index in [0.717, 1.165) is 23.9 Å². The number of para-hydroxylation sites is 1. The summed E-state index contributed by atoms with van der Waals surface area (Å²) in [4.78, 5) is 25.0. The van der Waals surface area contributed by atoms with Gasteiger partial charge in [0, 0.05) is 11.1 Å². The molecule has 15 heteroatoms. The second kappa shape index (κ2) is 13.0. The van der Waals surface area contributed by atoms with Gasteiger partial charge < -0.3 is 14.6 Å². The van der Waals surface area contributed by atoms with E-state index >= 15 is 0 Å². The molecule has 0 radical (unpaired) electrons. The average Bonchev–Trinajstić information content (AvgIpc) is 3.48. The maximum absolute atomic E-state index is 14.0. The number of amides is 1. The standard InChI is InChI=1S/C32H21F7N2O5S/c1-45-26-23(3-2-4-25(26)46-16-17-5-7-19(8-6-17)30(43)44)29-41(40-27(47-29)18-9-12-21(33)13-10-18)28(42)22-14-11-20(31(34,35)36)15-24(22)32(37,38)39/h2-15,29H,16H2,1H3,(H,43,44). The van der Waals surface area contributed by atoms with Crippen LogP contribution in [0.25, 0.3) is 0 Å². The van der Waals surface area contributed by atoms with Gasteiger partial charge in [-0.3, -0.25) is 4.79 Å². The van der Waals surface area contributed by atoms with Crippen molar-refractivity contribution < 1.29 is 54.9 Å². The van der Waals surface area contributed by atoms with Crippen LogP contribution >= 0.6 is 11.8 Å². The van der Waals surface area contributed by atoms with E-state index in [2.05, 4.69) is 5.10 Å². The molecule has 244 valence electrons. The van der Waals surface area contributed by atoms with Crippen LogP contribution in [0.15, 0.2) is 90.0 Å². The number of rotatable bonds is 8. The minimum atomic E-state index is -5.33. The molecule has 0 aromatic heterocycles. The molecule has 1 heterocycles. The zero-order valence-corrected chi connectivity index (χ0v) is 24.7. The lowest BCUT2D eigenvalue weighted by Crippen LogP contribution is -2.29. The van der Waals surface area contributed by atoms with Gasteiger partial charge in [-0.1, -0.05) is 36.0 Å². The number of carboxylic acid groups (broad SMARTS) is 1. The Morgan fingerprint density at radius 1 is 0.915 bits per heavy atom. The van der Waals surface area contributed by atoms with Crippen LogP contribution in [0.5, 0.6) is 11.5 Å². The van der Waals surface area contributed by atoms with Crippen LogP contribution in [0.2, 0.25) is 0 Å². The number of methoxy groups -OCH3 is 1. The van der Waals surface area contributed by atoms with Gasteiger partial charge in [-0.2, -0.15) is 31.4 Å². The average molecular weight is 679 g/mol. The van der Waals surface area contributed by atoms with E-state index in [4.69, 9.17) is 14.6 Å². The summed E-state index contributed by atoms with van der Waals surface area (Å²) in [5.41, 5.74) is -3.27. The molecule has 0 saturated heterocycles. The number of thioether (sulfide) groups is 1. The maximum atomic E-state index is 14.0. The van der Waals surface area contributed by atoms with E-state index in [1.54, 1.807) is 0 Å². The molecule has 1 aliphatic rings. The predicted octanol–water partition coefficient (Wildman–Crippen LogP) is 8.40. The van der Waals surface area contributed by atoms with Gasteiger partial charge in [-0.05, 0) is 66.2 Å². The minimum Gasteiger partial charge on any atom is -0.492 e. The van der Waals surface area contributed by atoms with E-state index in [1.165, 1.54) is 61.7 Å². The summed E-state index contributed by atoms with van der Waals surface area (Å²) >= 11 is 0.912. The third-order valence-electron chi connectivity index (χ3n) is 6.90. The normalized spacial score (nSPS) is 14.9. The Kier molecular flexibility index (Phi) is 9.20. The van der Waals surface area contributed by atoms with Crippen LogP contribution in [-0.2, 0) is 19.0 Å². The van der Waals surface area contributed by atoms with Gasteiger partial charge in [-0.15, -0.1) is 0 Å². The number of hydrogen-bond acceptors (Lipinski definition) is 6. The highest BCUT2D eigenvalue weighted by atomic mass is 32.2. The fourth-order valence-corrected chi connectivity index (χ4v) is 5.80. The quantitative estimate of drug-likeness (QED) is 0.188. The van der Waals surface area contributed by atoms with Crippen LogP contribution in [0, 0.1) is 5.82 Å². The smallest absolute Gasteiger partial charge is 0.417 e. The number of ether oxygens (including phenoxy) is 2. The van der Waals surface area contributed by atoms with Crippen LogP contribution in [0.3, 0.4) is 0 Å². The number of aromatic carboxylic acids is 1. The SMILES string of the molecule is COc1c(OCc2ccc(C(=O)O)cc2)cccc1C1SC(c2ccc(F)cc2)=NN1C(=O)c1ccc(C(F)(F)F)cc1C(F)(F)F. The molecule has 7 nitrogen and oxygen atoms in total. The van der Waals surface area contributed by atoms with Crippen molar-refractivity contribution >= 4 is 28.7 Å². The molecule has 47 heavy (non-hydrogen) atoms. The van der Waals surface area contributed by atoms with Crippen LogP contribution in [0.1, 0.15) is 53.9 Å². The molecule has 1 atom stereocenters. The van der Waals surface area contributed by atoms with Gasteiger partial charge in [0.1, 0.15) is 22.8 Å². The summed E-state index contributed by atoms with van der Waals surface area (Å²) in [6.45, 7) is -0.0437. The Morgan fingerprint density at radius 2 is 1.60 bits per heavy atom. The lowest BCUT2D eigenvalue weighted by molar-refractivity contribution is -0.143. The highest BCUT2D eigenvalue weighted by Crippen LogP contribution is 2.48. The third-order valence-corrected chi connectivity index (χ3v) is 8.12. The molecular weight excluding hydrogens is 657 g/mol. The molecule has 4 aromatic carbocycles. The Labute approximate surface area is 266 Å². The largest absolute Gasteiger partial charge is 0.492 e. The van der Waals surface area contributed by atoms with Crippen LogP contribution < -0.4 is 9.47 Å². The minimum absolute atomic E-state index is 0.0437. The number of benzene rings is 4. The van der Waals surface area contributed by atoms with Crippen molar-refractivity contribution in [2.45, 2.75) is 24.3 Å². The number of carboxylic acids is 1. The van der Waals surface area contributed by atoms with Crippen molar-refractivity contribution in [3.8, 4) is 11.5 Å². The van der Waals surface area contributed by atoms with E-state index in [9.17, 15) is 40.3 Å². The van der Waals surface area contributed by atoms with Crippen molar-refractivity contribution in [1.29, 1.82) is 0 Å². The molecule has 0 bridgehead atoms. The summed E-state index contributed by atoms with van der Waals surface area (Å²) in [5.74, 6) is -2.82. The predicted molar refractivity (Wildman–Crippen MR) is 157 cm³/mol. The maximum Gasteiger partial charge on any atom is 0.417 e. The highest BCUT2D eigenvalue weighted by molar-refractivity contribution is 8.14. The summed E-state index contributed by atoms with van der Waals surface area (Å²) in [7, 11) is 1.29. The molecule has 1 N–H and O–H groups in total. The summed E-state index contributed by atoms with van der Waals surface area (Å²) < 4.78 is 107. The van der Waals surface area contributed by atoms with Gasteiger partial charge in [-0.25, -0.2) is 14.2 Å². The highest BCUT2D eigenvalue weighted by Gasteiger charge is 2.43. The van der Waals surface area contributed by atoms with Gasteiger partial charge >= 0.3 is 18.3 Å². The number of alkyl halides is 6. The van der Waals surface area contributed by atoms with E-state index in [-0.39, 0.29) is 40.3 Å².